The summed E-state index contributed by atoms with van der Waals surface area (Å²) in [5, 5.41) is 0. The lowest BCUT2D eigenvalue weighted by atomic mass is 10.1. The minimum Gasteiger partial charge on any atom is -0.487 e. The first-order chi connectivity index (χ1) is 13.3. The zero-order valence-electron chi connectivity index (χ0n) is 17.1. The summed E-state index contributed by atoms with van der Waals surface area (Å²) in [6, 6.07) is 8.26. The molecule has 2 heterocycles. The summed E-state index contributed by atoms with van der Waals surface area (Å²) in [6.07, 6.45) is 5.75. The van der Waals surface area contributed by atoms with E-state index in [4.69, 9.17) is 9.47 Å². The van der Waals surface area contributed by atoms with Crippen LogP contribution in [-0.2, 0) is 11.2 Å². The molecule has 1 aromatic heterocycles. The Balaban J connectivity index is 1.53. The van der Waals surface area contributed by atoms with Crippen molar-refractivity contribution < 1.29 is 14.3 Å². The number of benzene rings is 1. The number of carbonyl (C=O) groups excluding carboxylic acids is 1. The molecule has 0 unspecified atom stereocenters. The van der Waals surface area contributed by atoms with Gasteiger partial charge in [-0.25, -0.2) is 14.8 Å². The van der Waals surface area contributed by atoms with Crippen LogP contribution in [-0.4, -0.2) is 45.8 Å². The molecule has 6 nitrogen and oxygen atoms in total. The Morgan fingerprint density at radius 3 is 2.46 bits per heavy atom. The van der Waals surface area contributed by atoms with E-state index in [1.165, 1.54) is 5.56 Å². The van der Waals surface area contributed by atoms with E-state index in [0.717, 1.165) is 24.8 Å². The standard InChI is InChI=1S/C22H29N3O3/c1-5-16-7-6-8-17(13-16)20-23-14-19(15-24-20)27-18-9-11-25(12-10-18)21(26)28-22(2,3)4/h6-8,13-15,18H,5,9-12H2,1-4H3. The Morgan fingerprint density at radius 2 is 1.86 bits per heavy atom. The first-order valence-electron chi connectivity index (χ1n) is 9.90. The van der Waals surface area contributed by atoms with Gasteiger partial charge in [0.2, 0.25) is 0 Å². The number of carbonyl (C=O) groups is 1. The number of likely N-dealkylation sites (tertiary alicyclic amines) is 1. The van der Waals surface area contributed by atoms with E-state index >= 15 is 0 Å². The number of hydrogen-bond donors (Lipinski definition) is 0. The summed E-state index contributed by atoms with van der Waals surface area (Å²) in [5.74, 6) is 1.36. The van der Waals surface area contributed by atoms with Crippen LogP contribution < -0.4 is 4.74 Å². The van der Waals surface area contributed by atoms with Crippen molar-refractivity contribution in [3.63, 3.8) is 0 Å². The molecule has 1 saturated heterocycles. The molecule has 1 aliphatic heterocycles. The van der Waals surface area contributed by atoms with Crippen molar-refractivity contribution in [2.75, 3.05) is 13.1 Å². The molecule has 0 spiro atoms. The average Bonchev–Trinajstić information content (AvgIpc) is 2.68. The van der Waals surface area contributed by atoms with Gasteiger partial charge in [0.1, 0.15) is 11.7 Å². The largest absolute Gasteiger partial charge is 0.487 e. The van der Waals surface area contributed by atoms with Gasteiger partial charge in [-0.05, 0) is 38.8 Å². The summed E-state index contributed by atoms with van der Waals surface area (Å²) in [5.41, 5.74) is 1.80. The van der Waals surface area contributed by atoms with E-state index in [1.54, 1.807) is 17.3 Å². The molecule has 150 valence electrons. The highest BCUT2D eigenvalue weighted by molar-refractivity contribution is 5.68. The second-order valence-electron chi connectivity index (χ2n) is 8.08. The fourth-order valence-electron chi connectivity index (χ4n) is 3.13. The molecule has 0 bridgehead atoms. The average molecular weight is 383 g/mol. The Morgan fingerprint density at radius 1 is 1.18 bits per heavy atom. The van der Waals surface area contributed by atoms with Gasteiger partial charge < -0.3 is 14.4 Å². The number of ether oxygens (including phenoxy) is 2. The second-order valence-corrected chi connectivity index (χ2v) is 8.08. The van der Waals surface area contributed by atoms with E-state index in [-0.39, 0.29) is 12.2 Å². The maximum Gasteiger partial charge on any atom is 0.410 e. The highest BCUT2D eigenvalue weighted by atomic mass is 16.6. The number of aromatic nitrogens is 2. The number of piperidine rings is 1. The smallest absolute Gasteiger partial charge is 0.410 e. The predicted molar refractivity (Wildman–Crippen MR) is 108 cm³/mol. The summed E-state index contributed by atoms with van der Waals surface area (Å²) >= 11 is 0. The van der Waals surface area contributed by atoms with Gasteiger partial charge in [-0.15, -0.1) is 0 Å². The van der Waals surface area contributed by atoms with Crippen LogP contribution in [0.1, 0.15) is 46.1 Å². The van der Waals surface area contributed by atoms with Crippen molar-refractivity contribution in [1.82, 2.24) is 14.9 Å². The molecule has 0 aliphatic carbocycles. The van der Waals surface area contributed by atoms with Crippen LogP contribution in [0.5, 0.6) is 5.75 Å². The molecule has 0 atom stereocenters. The number of rotatable bonds is 4. The molecule has 0 N–H and O–H groups in total. The molecule has 0 radical (unpaired) electrons. The lowest BCUT2D eigenvalue weighted by Crippen LogP contribution is -2.44. The highest BCUT2D eigenvalue weighted by Gasteiger charge is 2.27. The van der Waals surface area contributed by atoms with E-state index in [1.807, 2.05) is 32.9 Å². The number of amides is 1. The molecule has 2 aromatic rings. The van der Waals surface area contributed by atoms with Crippen LogP contribution in [0.15, 0.2) is 36.7 Å². The molecule has 0 saturated carbocycles. The normalized spacial score (nSPS) is 15.4. The third kappa shape index (κ3) is 5.44. The fourth-order valence-corrected chi connectivity index (χ4v) is 3.13. The van der Waals surface area contributed by atoms with Crippen LogP contribution in [0.25, 0.3) is 11.4 Å². The van der Waals surface area contributed by atoms with Crippen LogP contribution >= 0.6 is 0 Å². The molecule has 1 amide bonds. The maximum absolute atomic E-state index is 12.1. The maximum atomic E-state index is 12.1. The monoisotopic (exact) mass is 383 g/mol. The molecule has 3 rings (SSSR count). The quantitative estimate of drug-likeness (QED) is 0.779. The number of aryl methyl sites for hydroxylation is 1. The van der Waals surface area contributed by atoms with Gasteiger partial charge >= 0.3 is 6.09 Å². The Labute approximate surface area is 166 Å². The van der Waals surface area contributed by atoms with Gasteiger partial charge in [-0.1, -0.05) is 25.1 Å². The molecule has 1 fully saturated rings. The van der Waals surface area contributed by atoms with Gasteiger partial charge in [0.15, 0.2) is 11.6 Å². The van der Waals surface area contributed by atoms with Crippen molar-refractivity contribution in [2.24, 2.45) is 0 Å². The van der Waals surface area contributed by atoms with Gasteiger partial charge in [-0.3, -0.25) is 0 Å². The van der Waals surface area contributed by atoms with Crippen LogP contribution in [0.2, 0.25) is 0 Å². The zero-order valence-corrected chi connectivity index (χ0v) is 17.1. The van der Waals surface area contributed by atoms with Gasteiger partial charge in [0.05, 0.1) is 12.4 Å². The van der Waals surface area contributed by atoms with E-state index in [0.29, 0.717) is 24.7 Å². The number of nitrogens with zero attached hydrogens (tertiary/aromatic N) is 3. The molecule has 1 aromatic carbocycles. The van der Waals surface area contributed by atoms with Crippen molar-refractivity contribution in [3.8, 4) is 17.1 Å². The first kappa shape index (κ1) is 20.1. The van der Waals surface area contributed by atoms with Crippen LogP contribution in [0.3, 0.4) is 0 Å². The van der Waals surface area contributed by atoms with Gasteiger partial charge in [-0.2, -0.15) is 0 Å². The Hall–Kier alpha value is -2.63. The van der Waals surface area contributed by atoms with Crippen LogP contribution in [0.4, 0.5) is 4.79 Å². The summed E-state index contributed by atoms with van der Waals surface area (Å²) in [7, 11) is 0. The summed E-state index contributed by atoms with van der Waals surface area (Å²) in [6.45, 7) is 9.02. The van der Waals surface area contributed by atoms with Crippen LogP contribution in [0, 0.1) is 0 Å². The number of hydrogen-bond acceptors (Lipinski definition) is 5. The Bertz CT molecular complexity index is 791. The molecular formula is C22H29N3O3. The predicted octanol–water partition coefficient (Wildman–Crippen LogP) is 4.48. The second kappa shape index (κ2) is 8.59. The van der Waals surface area contributed by atoms with E-state index in [9.17, 15) is 4.79 Å². The molecule has 6 heteroatoms. The minimum absolute atomic E-state index is 0.0524. The van der Waals surface area contributed by atoms with E-state index in [2.05, 4.69) is 29.0 Å². The third-order valence-corrected chi connectivity index (χ3v) is 4.62. The molecule has 1 aliphatic rings. The topological polar surface area (TPSA) is 64.5 Å². The molecular weight excluding hydrogens is 354 g/mol. The van der Waals surface area contributed by atoms with Crippen molar-refractivity contribution in [3.05, 3.63) is 42.2 Å². The minimum atomic E-state index is -0.472. The zero-order chi connectivity index (χ0) is 20.1. The molecule has 28 heavy (non-hydrogen) atoms. The third-order valence-electron chi connectivity index (χ3n) is 4.62. The summed E-state index contributed by atoms with van der Waals surface area (Å²) < 4.78 is 11.4. The van der Waals surface area contributed by atoms with Gasteiger partial charge in [0, 0.05) is 31.5 Å². The van der Waals surface area contributed by atoms with Crippen molar-refractivity contribution >= 4 is 6.09 Å². The SMILES string of the molecule is CCc1cccc(-c2ncc(OC3CCN(C(=O)OC(C)(C)C)CC3)cn2)c1. The van der Waals surface area contributed by atoms with Crippen molar-refractivity contribution in [1.29, 1.82) is 0 Å². The highest BCUT2D eigenvalue weighted by Crippen LogP contribution is 2.22. The van der Waals surface area contributed by atoms with Crippen molar-refractivity contribution in [2.45, 2.75) is 58.7 Å². The fraction of sp³-hybridized carbons (Fsp3) is 0.500. The first-order valence-corrected chi connectivity index (χ1v) is 9.90. The van der Waals surface area contributed by atoms with E-state index < -0.39 is 5.60 Å². The summed E-state index contributed by atoms with van der Waals surface area (Å²) in [4.78, 5) is 22.8. The van der Waals surface area contributed by atoms with Gasteiger partial charge in [0.25, 0.3) is 0 Å². The lowest BCUT2D eigenvalue weighted by Gasteiger charge is -2.33. The lowest BCUT2D eigenvalue weighted by molar-refractivity contribution is 0.0126. The Kier molecular flexibility index (Phi) is 6.17.